The number of guanidine groups is 1. The molecule has 2 N–H and O–H groups in total. The van der Waals surface area contributed by atoms with Crippen LogP contribution in [0.1, 0.15) is 32.8 Å². The topological polar surface area (TPSA) is 54.9 Å². The SMILES string of the molecule is CCOC(CCNC(=NC)NCc1ccccc1OC)C(C)C.I. The average molecular weight is 449 g/mol. The standard InChI is InChI=1S/C18H31N3O2.HI/c1-6-23-16(14(2)3)11-12-20-18(19-4)21-13-15-9-7-8-10-17(15)22-5;/h7-10,14,16H,6,11-13H2,1-5H3,(H2,19,20,21);1H. The van der Waals surface area contributed by atoms with Crippen molar-refractivity contribution in [1.82, 2.24) is 10.6 Å². The van der Waals surface area contributed by atoms with Crippen molar-refractivity contribution in [2.24, 2.45) is 10.9 Å². The first-order chi connectivity index (χ1) is 11.1. The van der Waals surface area contributed by atoms with Crippen molar-refractivity contribution in [3.8, 4) is 5.75 Å². The Balaban J connectivity index is 0.00000529. The number of hydrogen-bond donors (Lipinski definition) is 2. The minimum Gasteiger partial charge on any atom is -0.496 e. The molecule has 1 aromatic carbocycles. The van der Waals surface area contributed by atoms with Crippen LogP contribution in [0.2, 0.25) is 0 Å². The molecule has 0 aromatic heterocycles. The van der Waals surface area contributed by atoms with Gasteiger partial charge in [0, 0.05) is 32.3 Å². The van der Waals surface area contributed by atoms with E-state index in [2.05, 4.69) is 29.5 Å². The van der Waals surface area contributed by atoms with Crippen LogP contribution in [0.3, 0.4) is 0 Å². The first kappa shape index (κ1) is 23.0. The van der Waals surface area contributed by atoms with Gasteiger partial charge in [0.05, 0.1) is 13.2 Å². The van der Waals surface area contributed by atoms with Crippen LogP contribution in [-0.4, -0.2) is 39.4 Å². The van der Waals surface area contributed by atoms with E-state index in [0.29, 0.717) is 12.5 Å². The molecule has 0 fully saturated rings. The molecule has 1 aromatic rings. The lowest BCUT2D eigenvalue weighted by molar-refractivity contribution is 0.0258. The maximum absolute atomic E-state index is 5.76. The van der Waals surface area contributed by atoms with Crippen molar-refractivity contribution in [3.05, 3.63) is 29.8 Å². The zero-order valence-electron chi connectivity index (χ0n) is 15.5. The fraction of sp³-hybridized carbons (Fsp3) is 0.611. The number of halogens is 1. The molecule has 1 unspecified atom stereocenters. The summed E-state index contributed by atoms with van der Waals surface area (Å²) in [7, 11) is 3.46. The second-order valence-corrected chi connectivity index (χ2v) is 5.69. The number of nitrogens with one attached hydrogen (secondary N) is 2. The predicted molar refractivity (Wildman–Crippen MR) is 111 cm³/mol. The fourth-order valence-corrected chi connectivity index (χ4v) is 2.40. The van der Waals surface area contributed by atoms with Crippen LogP contribution in [0.5, 0.6) is 5.75 Å². The van der Waals surface area contributed by atoms with Gasteiger partial charge in [-0.2, -0.15) is 0 Å². The molecule has 24 heavy (non-hydrogen) atoms. The molecular formula is C18H32IN3O2. The third-order valence-corrected chi connectivity index (χ3v) is 3.71. The monoisotopic (exact) mass is 449 g/mol. The van der Waals surface area contributed by atoms with Crippen molar-refractivity contribution in [2.45, 2.75) is 39.8 Å². The molecule has 5 nitrogen and oxygen atoms in total. The summed E-state index contributed by atoms with van der Waals surface area (Å²) in [5.74, 6) is 2.18. The van der Waals surface area contributed by atoms with E-state index in [4.69, 9.17) is 9.47 Å². The van der Waals surface area contributed by atoms with E-state index in [0.717, 1.165) is 36.8 Å². The van der Waals surface area contributed by atoms with Gasteiger partial charge in [-0.25, -0.2) is 0 Å². The lowest BCUT2D eigenvalue weighted by Gasteiger charge is -2.21. The fourth-order valence-electron chi connectivity index (χ4n) is 2.40. The highest BCUT2D eigenvalue weighted by Gasteiger charge is 2.13. The number of ether oxygens (including phenoxy) is 2. The van der Waals surface area contributed by atoms with E-state index < -0.39 is 0 Å². The number of aliphatic imine (C=N–C) groups is 1. The molecule has 1 rings (SSSR count). The molecule has 0 bridgehead atoms. The molecule has 0 aliphatic carbocycles. The number of methoxy groups -OCH3 is 1. The molecule has 0 heterocycles. The Labute approximate surface area is 163 Å². The lowest BCUT2D eigenvalue weighted by atomic mass is 10.0. The van der Waals surface area contributed by atoms with Gasteiger partial charge in [0.1, 0.15) is 5.75 Å². The van der Waals surface area contributed by atoms with E-state index in [9.17, 15) is 0 Å². The van der Waals surface area contributed by atoms with Crippen LogP contribution in [0.25, 0.3) is 0 Å². The zero-order chi connectivity index (χ0) is 17.1. The van der Waals surface area contributed by atoms with Crippen molar-refractivity contribution in [2.75, 3.05) is 27.3 Å². The summed E-state index contributed by atoms with van der Waals surface area (Å²) in [6.07, 6.45) is 1.24. The van der Waals surface area contributed by atoms with Crippen LogP contribution in [0, 0.1) is 5.92 Å². The molecule has 0 radical (unpaired) electrons. The van der Waals surface area contributed by atoms with Crippen LogP contribution in [-0.2, 0) is 11.3 Å². The number of para-hydroxylation sites is 1. The highest BCUT2D eigenvalue weighted by atomic mass is 127. The van der Waals surface area contributed by atoms with Gasteiger partial charge in [-0.05, 0) is 25.3 Å². The van der Waals surface area contributed by atoms with Gasteiger partial charge in [0.2, 0.25) is 0 Å². The summed E-state index contributed by atoms with van der Waals surface area (Å²) in [4.78, 5) is 4.26. The summed E-state index contributed by atoms with van der Waals surface area (Å²) in [6, 6.07) is 7.98. The Kier molecular flexibility index (Phi) is 12.7. The lowest BCUT2D eigenvalue weighted by Crippen LogP contribution is -2.39. The summed E-state index contributed by atoms with van der Waals surface area (Å²) in [5, 5.41) is 6.65. The first-order valence-corrected chi connectivity index (χ1v) is 8.30. The number of hydrogen-bond acceptors (Lipinski definition) is 3. The van der Waals surface area contributed by atoms with E-state index in [1.807, 2.05) is 31.2 Å². The van der Waals surface area contributed by atoms with E-state index in [1.165, 1.54) is 0 Å². The van der Waals surface area contributed by atoms with Gasteiger partial charge < -0.3 is 20.1 Å². The molecular weight excluding hydrogens is 417 g/mol. The highest BCUT2D eigenvalue weighted by molar-refractivity contribution is 14.0. The van der Waals surface area contributed by atoms with Gasteiger partial charge in [-0.15, -0.1) is 24.0 Å². The Morgan fingerprint density at radius 3 is 2.50 bits per heavy atom. The largest absolute Gasteiger partial charge is 0.496 e. The number of nitrogens with zero attached hydrogens (tertiary/aromatic N) is 1. The van der Waals surface area contributed by atoms with Gasteiger partial charge in [0.25, 0.3) is 0 Å². The molecule has 1 atom stereocenters. The third kappa shape index (κ3) is 8.19. The van der Waals surface area contributed by atoms with E-state index >= 15 is 0 Å². The van der Waals surface area contributed by atoms with Crippen LogP contribution >= 0.6 is 24.0 Å². The molecule has 0 saturated carbocycles. The molecule has 138 valence electrons. The van der Waals surface area contributed by atoms with Gasteiger partial charge in [0.15, 0.2) is 5.96 Å². The van der Waals surface area contributed by atoms with Crippen molar-refractivity contribution in [3.63, 3.8) is 0 Å². The summed E-state index contributed by atoms with van der Waals surface area (Å²) in [6.45, 7) is 8.67. The second-order valence-electron chi connectivity index (χ2n) is 5.69. The minimum atomic E-state index is 0. The molecule has 0 aliphatic rings. The minimum absolute atomic E-state index is 0. The average Bonchev–Trinajstić information content (AvgIpc) is 2.57. The Morgan fingerprint density at radius 1 is 1.21 bits per heavy atom. The van der Waals surface area contributed by atoms with Gasteiger partial charge in [-0.3, -0.25) is 4.99 Å². The van der Waals surface area contributed by atoms with Gasteiger partial charge in [-0.1, -0.05) is 32.0 Å². The third-order valence-electron chi connectivity index (χ3n) is 3.71. The number of rotatable bonds is 9. The van der Waals surface area contributed by atoms with Crippen molar-refractivity contribution in [1.29, 1.82) is 0 Å². The molecule has 0 aliphatic heterocycles. The molecule has 0 saturated heterocycles. The summed E-state index contributed by atoms with van der Waals surface area (Å²) >= 11 is 0. The van der Waals surface area contributed by atoms with E-state index in [1.54, 1.807) is 14.2 Å². The second kappa shape index (κ2) is 13.3. The van der Waals surface area contributed by atoms with Crippen LogP contribution < -0.4 is 15.4 Å². The Bertz CT molecular complexity index is 481. The molecule has 0 spiro atoms. The zero-order valence-corrected chi connectivity index (χ0v) is 17.8. The van der Waals surface area contributed by atoms with Crippen molar-refractivity contribution >= 4 is 29.9 Å². The number of benzene rings is 1. The maximum Gasteiger partial charge on any atom is 0.191 e. The van der Waals surface area contributed by atoms with Crippen LogP contribution in [0.15, 0.2) is 29.3 Å². The molecule has 0 amide bonds. The Morgan fingerprint density at radius 2 is 1.92 bits per heavy atom. The quantitative estimate of drug-likeness (QED) is 0.345. The summed E-state index contributed by atoms with van der Waals surface area (Å²) < 4.78 is 11.1. The smallest absolute Gasteiger partial charge is 0.191 e. The van der Waals surface area contributed by atoms with Gasteiger partial charge >= 0.3 is 0 Å². The Hall–Kier alpha value is -1.02. The first-order valence-electron chi connectivity index (χ1n) is 8.30. The maximum atomic E-state index is 5.76. The summed E-state index contributed by atoms with van der Waals surface area (Å²) in [5.41, 5.74) is 1.10. The predicted octanol–water partition coefficient (Wildman–Crippen LogP) is 3.43. The normalized spacial score (nSPS) is 12.5. The van der Waals surface area contributed by atoms with E-state index in [-0.39, 0.29) is 30.1 Å². The highest BCUT2D eigenvalue weighted by Crippen LogP contribution is 2.16. The molecule has 6 heteroatoms. The van der Waals surface area contributed by atoms with Crippen molar-refractivity contribution < 1.29 is 9.47 Å². The van der Waals surface area contributed by atoms with Crippen LogP contribution in [0.4, 0.5) is 0 Å².